The number of carbonyl (C=O) groups is 1. The number of benzene rings is 2. The molecule has 0 unspecified atom stereocenters. The lowest BCUT2D eigenvalue weighted by atomic mass is 10.2. The third kappa shape index (κ3) is 4.13. The van der Waals surface area contributed by atoms with Gasteiger partial charge in [0, 0.05) is 17.6 Å². The highest BCUT2D eigenvalue weighted by molar-refractivity contribution is 6.31. The van der Waals surface area contributed by atoms with Crippen LogP contribution in [0.3, 0.4) is 0 Å². The average molecular weight is 348 g/mol. The van der Waals surface area contributed by atoms with Gasteiger partial charge in [0.15, 0.2) is 24.0 Å². The van der Waals surface area contributed by atoms with Gasteiger partial charge in [-0.1, -0.05) is 29.8 Å². The van der Waals surface area contributed by atoms with E-state index in [9.17, 15) is 22.4 Å². The van der Waals surface area contributed by atoms with Crippen molar-refractivity contribution < 1.29 is 27.1 Å². The van der Waals surface area contributed by atoms with Crippen LogP contribution in [0, 0.1) is 23.3 Å². The third-order valence-electron chi connectivity index (χ3n) is 2.85. The predicted octanol–water partition coefficient (Wildman–Crippen LogP) is 3.59. The Morgan fingerprint density at radius 2 is 1.70 bits per heavy atom. The Morgan fingerprint density at radius 3 is 2.30 bits per heavy atom. The maximum absolute atomic E-state index is 13.3. The van der Waals surface area contributed by atoms with Crippen molar-refractivity contribution in [2.75, 3.05) is 6.61 Å². The summed E-state index contributed by atoms with van der Waals surface area (Å²) in [4.78, 5) is 11.6. The minimum Gasteiger partial charge on any atom is -0.477 e. The zero-order chi connectivity index (χ0) is 17.0. The van der Waals surface area contributed by atoms with Gasteiger partial charge in [-0.2, -0.15) is 8.78 Å². The van der Waals surface area contributed by atoms with Crippen molar-refractivity contribution in [3.63, 3.8) is 0 Å². The van der Waals surface area contributed by atoms with Crippen LogP contribution in [0.5, 0.6) is 5.75 Å². The first-order valence-corrected chi connectivity index (χ1v) is 6.74. The minimum atomic E-state index is -1.71. The molecule has 0 radical (unpaired) electrons. The molecule has 122 valence electrons. The number of nitrogens with one attached hydrogen (secondary N) is 1. The Kier molecular flexibility index (Phi) is 5.44. The number of amides is 1. The molecule has 2 aromatic carbocycles. The summed E-state index contributed by atoms with van der Waals surface area (Å²) >= 11 is 5.89. The number of carbonyl (C=O) groups excluding carboxylic acids is 1. The monoisotopic (exact) mass is 347 g/mol. The Bertz CT molecular complexity index is 713. The van der Waals surface area contributed by atoms with Gasteiger partial charge >= 0.3 is 0 Å². The molecule has 0 atom stereocenters. The normalized spacial score (nSPS) is 10.5. The molecule has 8 heteroatoms. The predicted molar refractivity (Wildman–Crippen MR) is 75.1 cm³/mol. The smallest absolute Gasteiger partial charge is 0.258 e. The number of ether oxygens (including phenoxy) is 1. The fraction of sp³-hybridized carbons (Fsp3) is 0.133. The Balaban J connectivity index is 1.96. The van der Waals surface area contributed by atoms with E-state index in [0.717, 1.165) is 0 Å². The fourth-order valence-corrected chi connectivity index (χ4v) is 1.90. The van der Waals surface area contributed by atoms with Crippen molar-refractivity contribution in [3.8, 4) is 5.75 Å². The van der Waals surface area contributed by atoms with Crippen LogP contribution < -0.4 is 10.1 Å². The SMILES string of the molecule is O=C(COc1c(F)c(F)cc(F)c1F)NCc1ccccc1Cl. The molecule has 0 aromatic heterocycles. The second-order valence-corrected chi connectivity index (χ2v) is 4.86. The van der Waals surface area contributed by atoms with E-state index in [4.69, 9.17) is 11.6 Å². The first-order chi connectivity index (χ1) is 10.9. The van der Waals surface area contributed by atoms with Crippen LogP contribution in [-0.2, 0) is 11.3 Å². The second kappa shape index (κ2) is 7.32. The topological polar surface area (TPSA) is 38.3 Å². The van der Waals surface area contributed by atoms with E-state index in [0.29, 0.717) is 10.6 Å². The fourth-order valence-electron chi connectivity index (χ4n) is 1.70. The van der Waals surface area contributed by atoms with Crippen LogP contribution in [0.2, 0.25) is 5.02 Å². The van der Waals surface area contributed by atoms with E-state index in [-0.39, 0.29) is 12.6 Å². The first-order valence-electron chi connectivity index (χ1n) is 6.36. The molecule has 0 aliphatic rings. The van der Waals surface area contributed by atoms with Crippen molar-refractivity contribution in [2.24, 2.45) is 0 Å². The van der Waals surface area contributed by atoms with Gasteiger partial charge in [0.05, 0.1) is 0 Å². The van der Waals surface area contributed by atoms with Gasteiger partial charge in [-0.3, -0.25) is 4.79 Å². The molecule has 23 heavy (non-hydrogen) atoms. The highest BCUT2D eigenvalue weighted by atomic mass is 35.5. The molecule has 2 aromatic rings. The van der Waals surface area contributed by atoms with Crippen LogP contribution >= 0.6 is 11.6 Å². The zero-order valence-electron chi connectivity index (χ0n) is 11.5. The third-order valence-corrected chi connectivity index (χ3v) is 3.22. The number of halogens is 5. The van der Waals surface area contributed by atoms with Crippen LogP contribution in [0.1, 0.15) is 5.56 Å². The number of hydrogen-bond acceptors (Lipinski definition) is 2. The van der Waals surface area contributed by atoms with Crippen LogP contribution in [0.4, 0.5) is 17.6 Å². The summed E-state index contributed by atoms with van der Waals surface area (Å²) in [6, 6.07) is 6.77. The Morgan fingerprint density at radius 1 is 1.09 bits per heavy atom. The van der Waals surface area contributed by atoms with Gasteiger partial charge in [0.2, 0.25) is 11.6 Å². The summed E-state index contributed by atoms with van der Waals surface area (Å²) in [5.41, 5.74) is 0.622. The lowest BCUT2D eigenvalue weighted by Crippen LogP contribution is -2.29. The highest BCUT2D eigenvalue weighted by Crippen LogP contribution is 2.26. The highest BCUT2D eigenvalue weighted by Gasteiger charge is 2.21. The maximum atomic E-state index is 13.3. The molecule has 0 aliphatic heterocycles. The first kappa shape index (κ1) is 17.1. The average Bonchev–Trinajstić information content (AvgIpc) is 2.52. The lowest BCUT2D eigenvalue weighted by molar-refractivity contribution is -0.123. The van der Waals surface area contributed by atoms with Gasteiger partial charge in [-0.15, -0.1) is 0 Å². The summed E-state index contributed by atoms with van der Waals surface area (Å²) in [7, 11) is 0. The van der Waals surface area contributed by atoms with Gasteiger partial charge < -0.3 is 10.1 Å². The van der Waals surface area contributed by atoms with Gasteiger partial charge in [0.1, 0.15) is 0 Å². The molecular weight excluding hydrogens is 338 g/mol. The van der Waals surface area contributed by atoms with E-state index in [2.05, 4.69) is 10.1 Å². The molecule has 1 amide bonds. The number of hydrogen-bond donors (Lipinski definition) is 1. The summed E-state index contributed by atoms with van der Waals surface area (Å²) in [6.45, 7) is -0.758. The summed E-state index contributed by atoms with van der Waals surface area (Å²) in [6.07, 6.45) is 0. The largest absolute Gasteiger partial charge is 0.477 e. The molecule has 3 nitrogen and oxygen atoms in total. The quantitative estimate of drug-likeness (QED) is 0.663. The van der Waals surface area contributed by atoms with Gasteiger partial charge in [-0.05, 0) is 11.6 Å². The Hall–Kier alpha value is -2.28. The molecule has 0 spiro atoms. The van der Waals surface area contributed by atoms with Crippen molar-refractivity contribution >= 4 is 17.5 Å². The van der Waals surface area contributed by atoms with Gasteiger partial charge in [0.25, 0.3) is 5.91 Å². The molecule has 2 rings (SSSR count). The Labute approximate surface area is 133 Å². The van der Waals surface area contributed by atoms with Crippen LogP contribution in [-0.4, -0.2) is 12.5 Å². The summed E-state index contributed by atoms with van der Waals surface area (Å²) in [5.74, 6) is -8.67. The second-order valence-electron chi connectivity index (χ2n) is 4.45. The summed E-state index contributed by atoms with van der Waals surface area (Å²) in [5, 5.41) is 2.83. The molecule has 0 bridgehead atoms. The van der Waals surface area contributed by atoms with Crippen molar-refractivity contribution in [1.29, 1.82) is 0 Å². The molecule has 0 heterocycles. The molecule has 0 saturated carbocycles. The maximum Gasteiger partial charge on any atom is 0.258 e. The van der Waals surface area contributed by atoms with Crippen LogP contribution in [0.25, 0.3) is 0 Å². The van der Waals surface area contributed by atoms with E-state index in [1.165, 1.54) is 0 Å². The van der Waals surface area contributed by atoms with Crippen LogP contribution in [0.15, 0.2) is 30.3 Å². The van der Waals surface area contributed by atoms with E-state index in [1.54, 1.807) is 24.3 Å². The lowest BCUT2D eigenvalue weighted by Gasteiger charge is -2.10. The van der Waals surface area contributed by atoms with Crippen molar-refractivity contribution in [1.82, 2.24) is 5.32 Å². The summed E-state index contributed by atoms with van der Waals surface area (Å²) < 4.78 is 57.2. The molecule has 0 aliphatic carbocycles. The standard InChI is InChI=1S/C15H10ClF4NO2/c16-9-4-2-1-3-8(9)6-21-12(22)7-23-15-13(19)10(17)5-11(18)14(15)20/h1-5H,6-7H2,(H,21,22). The molecular formula is C15H10ClF4NO2. The van der Waals surface area contributed by atoms with Crippen molar-refractivity contribution in [2.45, 2.75) is 6.54 Å². The zero-order valence-corrected chi connectivity index (χ0v) is 12.3. The van der Waals surface area contributed by atoms with E-state index in [1.807, 2.05) is 0 Å². The molecule has 0 fully saturated rings. The minimum absolute atomic E-state index is 0.0506. The number of rotatable bonds is 5. The molecule has 1 N–H and O–H groups in total. The van der Waals surface area contributed by atoms with Crippen molar-refractivity contribution in [3.05, 3.63) is 64.2 Å². The van der Waals surface area contributed by atoms with Gasteiger partial charge in [-0.25, -0.2) is 8.78 Å². The van der Waals surface area contributed by atoms with E-state index >= 15 is 0 Å². The van der Waals surface area contributed by atoms with E-state index < -0.39 is 41.5 Å². The molecule has 0 saturated heterocycles.